The van der Waals surface area contributed by atoms with Crippen molar-refractivity contribution in [2.75, 3.05) is 24.6 Å². The standard InChI is InChI=1S/C49H71N11O11S/c1-6-30(5)43-46(68)45(67)36(23-31-12-8-7-9-13-31)54-41(64)18-20-72-19-17-34(56-48(70)37(24-40(51)63)57-47(69)33(58-59-43)15-16-39(50)62)49(71)60(26-32-14-10-11-29(4)22-32)27-42(65)55-35(21-28(2)3)44(66)38(61)25-53-52/h7-14,22,28,30,33-37,43,53,58-59H,6,15-21,23-27,52H2,1-5H3,(H2,50,62)(H2,51,63)(H,54,64)(H,55,65)(H,56,70)(H,57,69)/t30-,33-,34-,35-,36-,37-,43?/m0/s1. The first-order chi connectivity index (χ1) is 34.1. The summed E-state index contributed by atoms with van der Waals surface area (Å²) in [7, 11) is 0. The van der Waals surface area contributed by atoms with Crippen molar-refractivity contribution in [1.29, 1.82) is 0 Å². The number of nitrogens with two attached hydrogens (primary N) is 3. The summed E-state index contributed by atoms with van der Waals surface area (Å²) in [5.41, 5.74) is 20.8. The Labute approximate surface area is 423 Å². The average Bonchev–Trinajstić information content (AvgIpc) is 3.32. The Balaban J connectivity index is 2.11. The van der Waals surface area contributed by atoms with Crippen molar-refractivity contribution >= 4 is 76.2 Å². The Morgan fingerprint density at radius 3 is 2.11 bits per heavy atom. The zero-order valence-electron chi connectivity index (χ0n) is 41.6. The van der Waals surface area contributed by atoms with Crippen LogP contribution in [0.25, 0.3) is 0 Å². The number of Topliss-reactive ketones (excluding diaryl/α,β-unsaturated/α-hetero) is 4. The highest BCUT2D eigenvalue weighted by Crippen LogP contribution is 2.17. The lowest BCUT2D eigenvalue weighted by molar-refractivity contribution is -0.142. The predicted molar refractivity (Wildman–Crippen MR) is 268 cm³/mol. The van der Waals surface area contributed by atoms with Gasteiger partial charge in [0.2, 0.25) is 64.5 Å². The second-order valence-corrected chi connectivity index (χ2v) is 19.5. The van der Waals surface area contributed by atoms with Gasteiger partial charge in [0.25, 0.3) is 0 Å². The molecule has 0 bridgehead atoms. The monoisotopic (exact) mass is 1020 g/mol. The van der Waals surface area contributed by atoms with Crippen molar-refractivity contribution < 1.29 is 52.7 Å². The summed E-state index contributed by atoms with van der Waals surface area (Å²) in [5.74, 6) is -4.62. The highest BCUT2D eigenvalue weighted by atomic mass is 32.2. The fraction of sp³-hybridized carbons (Fsp3) is 0.531. The second-order valence-electron chi connectivity index (χ2n) is 18.3. The van der Waals surface area contributed by atoms with Crippen molar-refractivity contribution in [2.24, 2.45) is 29.1 Å². The maximum absolute atomic E-state index is 14.9. The summed E-state index contributed by atoms with van der Waals surface area (Å²) in [6.07, 6.45) is -1.22. The molecule has 1 fully saturated rings. The molecule has 2 aromatic carbocycles. The molecule has 1 aliphatic rings. The van der Waals surface area contributed by atoms with Crippen molar-refractivity contribution in [3.8, 4) is 0 Å². The molecule has 7 amide bonds. The van der Waals surface area contributed by atoms with Gasteiger partial charge in [-0.3, -0.25) is 64.0 Å². The number of benzene rings is 2. The van der Waals surface area contributed by atoms with E-state index in [1.807, 2.05) is 13.0 Å². The van der Waals surface area contributed by atoms with Crippen LogP contribution < -0.4 is 54.9 Å². The number of hydrogen-bond donors (Lipinski definition) is 10. The summed E-state index contributed by atoms with van der Waals surface area (Å²) >= 11 is 1.22. The molecule has 0 aromatic heterocycles. The van der Waals surface area contributed by atoms with E-state index in [1.165, 1.54) is 11.8 Å². The summed E-state index contributed by atoms with van der Waals surface area (Å²) < 4.78 is 0. The van der Waals surface area contributed by atoms with Crippen LogP contribution in [0.5, 0.6) is 0 Å². The van der Waals surface area contributed by atoms with Crippen molar-refractivity contribution in [3.63, 3.8) is 0 Å². The molecule has 1 saturated heterocycles. The van der Waals surface area contributed by atoms with Crippen LogP contribution in [-0.4, -0.2) is 130 Å². The normalized spacial score (nSPS) is 20.8. The van der Waals surface area contributed by atoms with Gasteiger partial charge in [-0.1, -0.05) is 94.3 Å². The number of carbonyl (C=O) groups is 11. The number of ketones is 4. The Hall–Kier alpha value is -6.40. The van der Waals surface area contributed by atoms with Crippen LogP contribution in [0.1, 0.15) is 89.3 Å². The molecule has 1 heterocycles. The number of hydrazine groups is 2. The summed E-state index contributed by atoms with van der Waals surface area (Å²) in [5, 5.41) is 10.4. The van der Waals surface area contributed by atoms with Gasteiger partial charge in [0.15, 0.2) is 0 Å². The third-order valence-corrected chi connectivity index (χ3v) is 12.8. The number of aryl methyl sites for hydroxylation is 1. The lowest BCUT2D eigenvalue weighted by Crippen LogP contribution is -2.61. The van der Waals surface area contributed by atoms with Crippen molar-refractivity contribution in [2.45, 2.75) is 129 Å². The molecular formula is C49H71N11O11S. The van der Waals surface area contributed by atoms with Gasteiger partial charge in [-0.05, 0) is 54.9 Å². The Morgan fingerprint density at radius 1 is 0.806 bits per heavy atom. The molecule has 0 saturated carbocycles. The van der Waals surface area contributed by atoms with E-state index in [2.05, 4.69) is 37.5 Å². The summed E-state index contributed by atoms with van der Waals surface area (Å²) in [6.45, 7) is 7.58. The van der Waals surface area contributed by atoms with Crippen LogP contribution in [0.2, 0.25) is 0 Å². The molecule has 3 rings (SSSR count). The van der Waals surface area contributed by atoms with E-state index in [1.54, 1.807) is 76.2 Å². The number of nitrogens with one attached hydrogen (secondary N) is 7. The van der Waals surface area contributed by atoms with Gasteiger partial charge in [0, 0.05) is 31.6 Å². The third kappa shape index (κ3) is 20.4. The molecule has 7 atom stereocenters. The molecule has 23 heteroatoms. The third-order valence-electron chi connectivity index (χ3n) is 11.8. The molecule has 1 aliphatic heterocycles. The number of hydrogen-bond acceptors (Lipinski definition) is 16. The topological polar surface area (TPSA) is 353 Å². The minimum Gasteiger partial charge on any atom is -0.370 e. The van der Waals surface area contributed by atoms with Gasteiger partial charge >= 0.3 is 0 Å². The number of primary amides is 2. The lowest BCUT2D eigenvalue weighted by Gasteiger charge is -2.30. The van der Waals surface area contributed by atoms with Crippen LogP contribution >= 0.6 is 11.8 Å². The van der Waals surface area contributed by atoms with Gasteiger partial charge in [0.1, 0.15) is 18.1 Å². The molecular weight excluding hydrogens is 951 g/mol. The van der Waals surface area contributed by atoms with E-state index < -0.39 is 126 Å². The minimum atomic E-state index is -1.71. The molecule has 0 spiro atoms. The Kier molecular flexibility index (Phi) is 25.4. The van der Waals surface area contributed by atoms with E-state index in [-0.39, 0.29) is 62.5 Å². The minimum absolute atomic E-state index is 0.0189. The van der Waals surface area contributed by atoms with Gasteiger partial charge in [0.05, 0.1) is 37.6 Å². The van der Waals surface area contributed by atoms with Gasteiger partial charge in [-0.2, -0.15) is 11.8 Å². The number of carbonyl (C=O) groups excluding carboxylic acids is 11. The van der Waals surface area contributed by atoms with Crippen LogP contribution in [0, 0.1) is 18.8 Å². The number of amides is 7. The smallest absolute Gasteiger partial charge is 0.245 e. The number of thioether (sulfide) groups is 1. The zero-order chi connectivity index (χ0) is 53.5. The van der Waals surface area contributed by atoms with Crippen LogP contribution in [0.4, 0.5) is 0 Å². The maximum atomic E-state index is 14.9. The largest absolute Gasteiger partial charge is 0.370 e. The van der Waals surface area contributed by atoms with Gasteiger partial charge in [-0.25, -0.2) is 10.9 Å². The zero-order valence-corrected chi connectivity index (χ0v) is 42.4. The predicted octanol–water partition coefficient (Wildman–Crippen LogP) is -1.16. The summed E-state index contributed by atoms with van der Waals surface area (Å²) in [4.78, 5) is 150. The van der Waals surface area contributed by atoms with E-state index >= 15 is 0 Å². The van der Waals surface area contributed by atoms with Gasteiger partial charge in [-0.15, -0.1) is 0 Å². The second kappa shape index (κ2) is 30.5. The average molecular weight is 1020 g/mol. The van der Waals surface area contributed by atoms with E-state index in [4.69, 9.17) is 17.3 Å². The Morgan fingerprint density at radius 2 is 1.49 bits per heavy atom. The first kappa shape index (κ1) is 59.9. The Bertz CT molecular complexity index is 2250. The fourth-order valence-corrected chi connectivity index (χ4v) is 8.67. The maximum Gasteiger partial charge on any atom is 0.245 e. The van der Waals surface area contributed by atoms with Gasteiger partial charge < -0.3 is 37.6 Å². The first-order valence-electron chi connectivity index (χ1n) is 23.9. The van der Waals surface area contributed by atoms with Crippen LogP contribution in [0.15, 0.2) is 54.6 Å². The molecule has 2 aromatic rings. The molecule has 0 radical (unpaired) electrons. The number of nitrogens with zero attached hydrogens (tertiary/aromatic N) is 1. The molecule has 13 N–H and O–H groups in total. The molecule has 1 unspecified atom stereocenters. The molecule has 0 aliphatic carbocycles. The number of rotatable bonds is 21. The highest BCUT2D eigenvalue weighted by Gasteiger charge is 2.37. The lowest BCUT2D eigenvalue weighted by atomic mass is 9.90. The molecule has 394 valence electrons. The van der Waals surface area contributed by atoms with Crippen LogP contribution in [0.3, 0.4) is 0 Å². The molecule has 22 nitrogen and oxygen atoms in total. The highest BCUT2D eigenvalue weighted by molar-refractivity contribution is 7.99. The van der Waals surface area contributed by atoms with E-state index in [9.17, 15) is 52.7 Å². The fourth-order valence-electron chi connectivity index (χ4n) is 7.73. The van der Waals surface area contributed by atoms with Crippen LogP contribution in [-0.2, 0) is 65.7 Å². The summed E-state index contributed by atoms with van der Waals surface area (Å²) in [6, 6.07) is 7.46. The van der Waals surface area contributed by atoms with E-state index in [0.717, 1.165) is 10.5 Å². The molecule has 72 heavy (non-hydrogen) atoms. The van der Waals surface area contributed by atoms with E-state index in [0.29, 0.717) is 17.5 Å². The first-order valence-corrected chi connectivity index (χ1v) is 25.1. The van der Waals surface area contributed by atoms with Crippen molar-refractivity contribution in [3.05, 3.63) is 71.3 Å². The quantitative estimate of drug-likeness (QED) is 0.0400. The van der Waals surface area contributed by atoms with Crippen molar-refractivity contribution in [1.82, 2.24) is 42.4 Å². The SMILES string of the molecule is CC[C@H](C)C1NN[C@@H](CCC(N)=O)C(=O)N[C@@H](CC(N)=O)C(=O)N[C@H](C(=O)N(CC(=O)N[C@@H](CC(C)C)C(=O)C(=O)CNN)Cc2cccc(C)c2)CCSCCC(=O)N[C@@H](Cc2ccccc2)C(=O)C1=O.